The van der Waals surface area contributed by atoms with Crippen LogP contribution in [0.3, 0.4) is 0 Å². The van der Waals surface area contributed by atoms with Gasteiger partial charge >= 0.3 is 5.97 Å². The number of aromatic nitrogens is 1. The monoisotopic (exact) mass is 390 g/mol. The number of carboxylic acid groups (broad SMARTS) is 1. The van der Waals surface area contributed by atoms with Crippen molar-refractivity contribution in [1.29, 1.82) is 0 Å². The van der Waals surface area contributed by atoms with Crippen LogP contribution in [-0.2, 0) is 10.0 Å². The number of nitrogens with zero attached hydrogens (tertiary/aromatic N) is 2. The van der Waals surface area contributed by atoms with Crippen LogP contribution >= 0.6 is 27.5 Å². The second-order valence-corrected chi connectivity index (χ2v) is 7.82. The first kappa shape index (κ1) is 15.9. The first-order chi connectivity index (χ1) is 9.75. The molecule has 1 N–H and O–H groups in total. The number of carboxylic acids is 1. The molecule has 0 spiro atoms. The molecule has 0 fully saturated rings. The van der Waals surface area contributed by atoms with Crippen molar-refractivity contribution in [3.8, 4) is 0 Å². The zero-order chi connectivity index (χ0) is 15.8. The number of hydrogen-bond donors (Lipinski definition) is 1. The molecule has 0 aliphatic carbocycles. The third kappa shape index (κ3) is 2.94. The molecule has 1 aromatic heterocycles. The molecule has 0 unspecified atom stereocenters. The van der Waals surface area contributed by atoms with Gasteiger partial charge in [0.15, 0.2) is 0 Å². The molecule has 1 aromatic carbocycles. The molecule has 2 rings (SSSR count). The number of anilines is 1. The van der Waals surface area contributed by atoms with E-state index in [0.717, 1.165) is 15.8 Å². The Balaban J connectivity index is 2.54. The quantitative estimate of drug-likeness (QED) is 0.866. The molecule has 0 saturated carbocycles. The fourth-order valence-electron chi connectivity index (χ4n) is 1.71. The van der Waals surface area contributed by atoms with Gasteiger partial charge in [-0.3, -0.25) is 4.31 Å². The molecule has 112 valence electrons. The van der Waals surface area contributed by atoms with E-state index in [1.807, 2.05) is 0 Å². The van der Waals surface area contributed by atoms with E-state index in [0.29, 0.717) is 10.2 Å². The van der Waals surface area contributed by atoms with Crippen molar-refractivity contribution in [1.82, 2.24) is 4.37 Å². The predicted molar refractivity (Wildman–Crippen MR) is 83.5 cm³/mol. The molecule has 2 aromatic rings. The number of benzene rings is 1. The van der Waals surface area contributed by atoms with Crippen LogP contribution in [-0.4, -0.2) is 30.9 Å². The second-order valence-electron chi connectivity index (χ2n) is 4.18. The largest absolute Gasteiger partial charge is 0.478 e. The lowest BCUT2D eigenvalue weighted by Gasteiger charge is -2.18. The van der Waals surface area contributed by atoms with Gasteiger partial charge in [0, 0.05) is 11.5 Å². The van der Waals surface area contributed by atoms with Crippen LogP contribution in [0.1, 0.15) is 16.1 Å². The molecule has 0 aliphatic rings. The molecular formula is C12H11BrN2O4S2. The van der Waals surface area contributed by atoms with E-state index in [1.165, 1.54) is 26.1 Å². The lowest BCUT2D eigenvalue weighted by atomic mass is 10.2. The highest BCUT2D eigenvalue weighted by atomic mass is 79.9. The highest BCUT2D eigenvalue weighted by Crippen LogP contribution is 2.32. The van der Waals surface area contributed by atoms with Gasteiger partial charge in [-0.05, 0) is 36.7 Å². The fraction of sp³-hybridized carbons (Fsp3) is 0.167. The van der Waals surface area contributed by atoms with Gasteiger partial charge < -0.3 is 5.11 Å². The van der Waals surface area contributed by atoms with Crippen molar-refractivity contribution in [2.75, 3.05) is 11.4 Å². The summed E-state index contributed by atoms with van der Waals surface area (Å²) in [5, 5.41) is 9.29. The SMILES string of the molecule is Cc1nsc(N(C)S(=O)(=O)c2cccc(Br)c2)c1C(=O)O. The summed E-state index contributed by atoms with van der Waals surface area (Å²) in [6, 6.07) is 6.21. The maximum atomic E-state index is 12.6. The van der Waals surface area contributed by atoms with Gasteiger partial charge in [-0.1, -0.05) is 22.0 Å². The number of aryl methyl sites for hydroxylation is 1. The first-order valence-electron chi connectivity index (χ1n) is 5.69. The van der Waals surface area contributed by atoms with E-state index >= 15 is 0 Å². The van der Waals surface area contributed by atoms with Gasteiger partial charge in [-0.15, -0.1) is 0 Å². The minimum atomic E-state index is -3.85. The molecule has 0 amide bonds. The van der Waals surface area contributed by atoms with E-state index in [4.69, 9.17) is 0 Å². The van der Waals surface area contributed by atoms with Crippen molar-refractivity contribution in [2.45, 2.75) is 11.8 Å². The van der Waals surface area contributed by atoms with Crippen LogP contribution in [0.15, 0.2) is 33.6 Å². The molecule has 21 heavy (non-hydrogen) atoms. The van der Waals surface area contributed by atoms with Crippen molar-refractivity contribution < 1.29 is 18.3 Å². The Morgan fingerprint density at radius 3 is 2.67 bits per heavy atom. The summed E-state index contributed by atoms with van der Waals surface area (Å²) < 4.78 is 30.6. The molecule has 1 heterocycles. The summed E-state index contributed by atoms with van der Waals surface area (Å²) in [5.41, 5.74) is 0.194. The van der Waals surface area contributed by atoms with E-state index in [2.05, 4.69) is 20.3 Å². The molecule has 0 atom stereocenters. The molecule has 0 saturated heterocycles. The van der Waals surface area contributed by atoms with Gasteiger partial charge in [0.1, 0.15) is 10.6 Å². The maximum absolute atomic E-state index is 12.6. The van der Waals surface area contributed by atoms with Gasteiger partial charge in [-0.25, -0.2) is 13.2 Å². The average molecular weight is 391 g/mol. The Morgan fingerprint density at radius 2 is 2.10 bits per heavy atom. The topological polar surface area (TPSA) is 87.6 Å². The van der Waals surface area contributed by atoms with Gasteiger partial charge in [0.25, 0.3) is 10.0 Å². The van der Waals surface area contributed by atoms with Crippen LogP contribution in [0.4, 0.5) is 5.00 Å². The van der Waals surface area contributed by atoms with Crippen LogP contribution in [0.2, 0.25) is 0 Å². The maximum Gasteiger partial charge on any atom is 0.340 e. The van der Waals surface area contributed by atoms with Crippen molar-refractivity contribution in [2.24, 2.45) is 0 Å². The standard InChI is InChI=1S/C12H11BrN2O4S2/c1-7-10(12(16)17)11(20-14-7)15(2)21(18,19)9-5-3-4-8(13)6-9/h3-6H,1-2H3,(H,16,17). The molecule has 0 radical (unpaired) electrons. The van der Waals surface area contributed by atoms with Gasteiger partial charge in [0.2, 0.25) is 0 Å². The van der Waals surface area contributed by atoms with Gasteiger partial charge in [-0.2, -0.15) is 4.37 Å². The Bertz CT molecular complexity index is 801. The van der Waals surface area contributed by atoms with Crippen LogP contribution in [0.25, 0.3) is 0 Å². The van der Waals surface area contributed by atoms with Crippen LogP contribution < -0.4 is 4.31 Å². The second kappa shape index (κ2) is 5.74. The highest BCUT2D eigenvalue weighted by Gasteiger charge is 2.28. The van der Waals surface area contributed by atoms with Gasteiger partial charge in [0.05, 0.1) is 10.6 Å². The number of rotatable bonds is 4. The summed E-state index contributed by atoms with van der Waals surface area (Å²) in [4.78, 5) is 11.3. The zero-order valence-corrected chi connectivity index (χ0v) is 14.3. The summed E-state index contributed by atoms with van der Waals surface area (Å²) in [6.45, 7) is 1.53. The normalized spacial score (nSPS) is 11.4. The van der Waals surface area contributed by atoms with E-state index < -0.39 is 16.0 Å². The summed E-state index contributed by atoms with van der Waals surface area (Å²) in [7, 11) is -2.53. The fourth-order valence-corrected chi connectivity index (χ4v) is 4.57. The smallest absolute Gasteiger partial charge is 0.340 e. The van der Waals surface area contributed by atoms with E-state index in [1.54, 1.807) is 12.1 Å². The minimum absolute atomic E-state index is 0.0711. The molecule has 0 aliphatic heterocycles. The number of hydrogen-bond acceptors (Lipinski definition) is 5. The molecule has 6 nitrogen and oxygen atoms in total. The van der Waals surface area contributed by atoms with Crippen LogP contribution in [0, 0.1) is 6.92 Å². The average Bonchev–Trinajstić information content (AvgIpc) is 2.79. The summed E-state index contributed by atoms with van der Waals surface area (Å²) in [6.07, 6.45) is 0. The third-order valence-corrected chi connectivity index (χ3v) is 6.18. The van der Waals surface area contributed by atoms with Crippen LogP contribution in [0.5, 0.6) is 0 Å². The highest BCUT2D eigenvalue weighted by molar-refractivity contribution is 9.10. The zero-order valence-electron chi connectivity index (χ0n) is 11.1. The minimum Gasteiger partial charge on any atom is -0.478 e. The first-order valence-corrected chi connectivity index (χ1v) is 8.70. The number of aromatic carboxylic acids is 1. The Kier molecular flexibility index (Phi) is 4.35. The number of halogens is 1. The Morgan fingerprint density at radius 1 is 1.43 bits per heavy atom. The lowest BCUT2D eigenvalue weighted by Crippen LogP contribution is -2.27. The van der Waals surface area contributed by atoms with Crippen molar-refractivity contribution in [3.05, 3.63) is 40.0 Å². The number of sulfonamides is 1. The lowest BCUT2D eigenvalue weighted by molar-refractivity contribution is 0.0697. The van der Waals surface area contributed by atoms with E-state index in [9.17, 15) is 18.3 Å². The van der Waals surface area contributed by atoms with Crippen molar-refractivity contribution >= 4 is 48.5 Å². The van der Waals surface area contributed by atoms with E-state index in [-0.39, 0.29) is 15.5 Å². The third-order valence-electron chi connectivity index (χ3n) is 2.80. The Hall–Kier alpha value is -1.45. The molecular weight excluding hydrogens is 380 g/mol. The molecule has 0 bridgehead atoms. The summed E-state index contributed by atoms with van der Waals surface area (Å²) in [5.74, 6) is -1.20. The van der Waals surface area contributed by atoms with Crippen molar-refractivity contribution in [3.63, 3.8) is 0 Å². The summed E-state index contributed by atoms with van der Waals surface area (Å²) >= 11 is 4.06. The predicted octanol–water partition coefficient (Wildman–Crippen LogP) is 2.74. The number of carbonyl (C=O) groups is 1. The Labute approximate surface area is 134 Å². The molecule has 9 heteroatoms.